The zero-order chi connectivity index (χ0) is 25.8. The summed E-state index contributed by atoms with van der Waals surface area (Å²) in [5, 5.41) is 8.99. The number of hydrogen-bond donors (Lipinski definition) is 0. The number of rotatable bonds is 5. The van der Waals surface area contributed by atoms with Gasteiger partial charge in [0.15, 0.2) is 16.3 Å². The first kappa shape index (κ1) is 23.2. The first-order valence-electron chi connectivity index (χ1n) is 11.6. The molecule has 0 radical (unpaired) electrons. The molecule has 1 aliphatic heterocycles. The number of aromatic nitrogens is 6. The number of thioether (sulfide) groups is 1. The lowest BCUT2D eigenvalue weighted by atomic mass is 10.2. The second-order valence-electron chi connectivity index (χ2n) is 8.92. The van der Waals surface area contributed by atoms with Crippen LogP contribution < -0.4 is 16.1 Å². The summed E-state index contributed by atoms with van der Waals surface area (Å²) in [6, 6.07) is 13.8. The van der Waals surface area contributed by atoms with Crippen LogP contribution in [0.2, 0.25) is 0 Å². The fourth-order valence-electron chi connectivity index (χ4n) is 4.85. The SMILES string of the molecule is Cn1c(=O)c2c(n(C)c1=O)n1c(SCC(=O)N3CCc4ccccc43)nnc1n2Cc1ccc(F)cc1. The van der Waals surface area contributed by atoms with Crippen LogP contribution in [0.4, 0.5) is 10.1 Å². The van der Waals surface area contributed by atoms with E-state index in [9.17, 15) is 18.8 Å². The van der Waals surface area contributed by atoms with Crippen molar-refractivity contribution in [2.75, 3.05) is 17.2 Å². The molecular formula is C25H22FN7O3S. The Morgan fingerprint density at radius 3 is 2.57 bits per heavy atom. The maximum Gasteiger partial charge on any atom is 0.332 e. The lowest BCUT2D eigenvalue weighted by molar-refractivity contribution is -0.116. The standard InChI is InChI=1S/C25H22FN7O3S/c1-29-21-20(22(35)30(2)25(29)36)32(13-15-7-9-17(26)10-8-15)23-27-28-24(33(21)23)37-14-19(34)31-12-11-16-5-3-4-6-18(16)31/h3-10H,11-14H2,1-2H3. The molecule has 0 aliphatic carbocycles. The maximum absolute atomic E-state index is 13.5. The number of benzene rings is 2. The number of nitrogens with zero attached hydrogens (tertiary/aromatic N) is 7. The fraction of sp³-hybridized carbons (Fsp3) is 0.240. The fourth-order valence-corrected chi connectivity index (χ4v) is 5.65. The highest BCUT2D eigenvalue weighted by Gasteiger charge is 2.27. The summed E-state index contributed by atoms with van der Waals surface area (Å²) in [6.45, 7) is 0.836. The Kier molecular flexibility index (Phi) is 5.48. The van der Waals surface area contributed by atoms with Crippen molar-refractivity contribution in [3.8, 4) is 0 Å². The minimum Gasteiger partial charge on any atom is -0.311 e. The number of anilines is 1. The molecule has 0 bridgehead atoms. The number of para-hydroxylation sites is 1. The van der Waals surface area contributed by atoms with Crippen LogP contribution in [0.15, 0.2) is 63.3 Å². The van der Waals surface area contributed by atoms with Gasteiger partial charge in [-0.3, -0.25) is 23.3 Å². The van der Waals surface area contributed by atoms with Gasteiger partial charge in [-0.2, -0.15) is 0 Å². The van der Waals surface area contributed by atoms with Gasteiger partial charge in [0.2, 0.25) is 11.7 Å². The van der Waals surface area contributed by atoms with E-state index in [2.05, 4.69) is 10.2 Å². The van der Waals surface area contributed by atoms with E-state index in [4.69, 9.17) is 0 Å². The largest absolute Gasteiger partial charge is 0.332 e. The summed E-state index contributed by atoms with van der Waals surface area (Å²) >= 11 is 1.20. The molecule has 37 heavy (non-hydrogen) atoms. The van der Waals surface area contributed by atoms with Crippen LogP contribution in [-0.2, 0) is 31.9 Å². The van der Waals surface area contributed by atoms with E-state index < -0.39 is 11.2 Å². The molecule has 3 aromatic heterocycles. The van der Waals surface area contributed by atoms with Gasteiger partial charge >= 0.3 is 5.69 Å². The Balaban J connectivity index is 1.43. The summed E-state index contributed by atoms with van der Waals surface area (Å²) in [5.74, 6) is 0.0279. The Labute approximate surface area is 213 Å². The molecule has 0 unspecified atom stereocenters. The Bertz CT molecular complexity index is 1820. The molecule has 0 fully saturated rings. The third-order valence-electron chi connectivity index (χ3n) is 6.72. The average Bonchev–Trinajstić information content (AvgIpc) is 3.60. The summed E-state index contributed by atoms with van der Waals surface area (Å²) in [5.41, 5.74) is 2.43. The molecule has 0 atom stereocenters. The Morgan fingerprint density at radius 2 is 1.78 bits per heavy atom. The number of carbonyl (C=O) groups is 1. The number of fused-ring (bicyclic) bond motifs is 4. The molecule has 6 rings (SSSR count). The van der Waals surface area contributed by atoms with E-state index in [-0.39, 0.29) is 29.5 Å². The van der Waals surface area contributed by atoms with E-state index in [1.165, 1.54) is 35.5 Å². The lowest BCUT2D eigenvalue weighted by Gasteiger charge is -2.16. The molecule has 10 nitrogen and oxygen atoms in total. The van der Waals surface area contributed by atoms with Crippen molar-refractivity contribution in [2.24, 2.45) is 14.1 Å². The molecule has 0 spiro atoms. The second kappa shape index (κ2) is 8.73. The number of halogens is 1. The Hall–Kier alpha value is -4.19. The van der Waals surface area contributed by atoms with E-state index in [1.54, 1.807) is 33.0 Å². The van der Waals surface area contributed by atoms with Crippen LogP contribution in [-0.4, -0.2) is 46.5 Å². The molecule has 0 N–H and O–H groups in total. The number of hydrogen-bond acceptors (Lipinski definition) is 6. The number of imidazole rings is 1. The van der Waals surface area contributed by atoms with Crippen LogP contribution in [0.25, 0.3) is 16.9 Å². The van der Waals surface area contributed by atoms with Crippen molar-refractivity contribution in [1.29, 1.82) is 0 Å². The van der Waals surface area contributed by atoms with Gasteiger partial charge in [-0.1, -0.05) is 42.1 Å². The quantitative estimate of drug-likeness (QED) is 0.329. The maximum atomic E-state index is 13.5. The van der Waals surface area contributed by atoms with Crippen LogP contribution in [0.5, 0.6) is 0 Å². The predicted molar refractivity (Wildman–Crippen MR) is 138 cm³/mol. The van der Waals surface area contributed by atoms with Gasteiger partial charge in [0.25, 0.3) is 5.56 Å². The molecule has 4 heterocycles. The zero-order valence-corrected chi connectivity index (χ0v) is 20.9. The highest BCUT2D eigenvalue weighted by atomic mass is 32.2. The molecule has 0 saturated heterocycles. The van der Waals surface area contributed by atoms with Gasteiger partial charge < -0.3 is 4.90 Å². The molecule has 5 aromatic rings. The van der Waals surface area contributed by atoms with E-state index in [1.807, 2.05) is 24.3 Å². The minimum absolute atomic E-state index is 0.0634. The normalized spacial score (nSPS) is 13.1. The first-order chi connectivity index (χ1) is 17.8. The van der Waals surface area contributed by atoms with Gasteiger partial charge in [0.05, 0.1) is 12.3 Å². The molecule has 1 amide bonds. The molecule has 0 saturated carbocycles. The van der Waals surface area contributed by atoms with Crippen molar-refractivity contribution in [3.63, 3.8) is 0 Å². The van der Waals surface area contributed by atoms with Crippen LogP contribution in [0.3, 0.4) is 0 Å². The zero-order valence-electron chi connectivity index (χ0n) is 20.1. The monoisotopic (exact) mass is 519 g/mol. The van der Waals surface area contributed by atoms with E-state index in [0.29, 0.717) is 23.1 Å². The smallest absolute Gasteiger partial charge is 0.311 e. The number of carbonyl (C=O) groups excluding carboxylic acids is 1. The molecule has 2 aromatic carbocycles. The minimum atomic E-state index is -0.493. The summed E-state index contributed by atoms with van der Waals surface area (Å²) < 4.78 is 19.2. The number of aryl methyl sites for hydroxylation is 1. The van der Waals surface area contributed by atoms with Crippen LogP contribution in [0, 0.1) is 5.82 Å². The molecule has 12 heteroatoms. The molecule has 188 valence electrons. The van der Waals surface area contributed by atoms with Gasteiger partial charge in [-0.25, -0.2) is 13.6 Å². The summed E-state index contributed by atoms with van der Waals surface area (Å²) in [6.07, 6.45) is 0.810. The van der Waals surface area contributed by atoms with E-state index in [0.717, 1.165) is 27.8 Å². The highest BCUT2D eigenvalue weighted by molar-refractivity contribution is 7.99. The Morgan fingerprint density at radius 1 is 1.03 bits per heavy atom. The van der Waals surface area contributed by atoms with Gasteiger partial charge in [0.1, 0.15) is 5.82 Å². The second-order valence-corrected chi connectivity index (χ2v) is 9.86. The summed E-state index contributed by atoms with van der Waals surface area (Å²) in [7, 11) is 3.00. The van der Waals surface area contributed by atoms with Gasteiger partial charge in [-0.15, -0.1) is 10.2 Å². The van der Waals surface area contributed by atoms with Crippen molar-refractivity contribution in [2.45, 2.75) is 18.1 Å². The van der Waals surface area contributed by atoms with E-state index >= 15 is 0 Å². The number of amides is 1. The average molecular weight is 520 g/mol. The van der Waals surface area contributed by atoms with Gasteiger partial charge in [-0.05, 0) is 35.7 Å². The predicted octanol–water partition coefficient (Wildman–Crippen LogP) is 1.95. The van der Waals surface area contributed by atoms with Gasteiger partial charge in [0, 0.05) is 26.3 Å². The third kappa shape index (κ3) is 3.67. The highest BCUT2D eigenvalue weighted by Crippen LogP contribution is 2.29. The van der Waals surface area contributed by atoms with Crippen molar-refractivity contribution < 1.29 is 9.18 Å². The van der Waals surface area contributed by atoms with Crippen molar-refractivity contribution >= 4 is 40.3 Å². The summed E-state index contributed by atoms with van der Waals surface area (Å²) in [4.78, 5) is 40.9. The first-order valence-corrected chi connectivity index (χ1v) is 12.6. The molecular weight excluding hydrogens is 497 g/mol. The van der Waals surface area contributed by atoms with Crippen molar-refractivity contribution in [3.05, 3.63) is 86.3 Å². The third-order valence-corrected chi connectivity index (χ3v) is 7.63. The van der Waals surface area contributed by atoms with Crippen molar-refractivity contribution in [1.82, 2.24) is 28.3 Å². The van der Waals surface area contributed by atoms with Crippen LogP contribution >= 0.6 is 11.8 Å². The lowest BCUT2D eigenvalue weighted by Crippen LogP contribution is -2.37. The van der Waals surface area contributed by atoms with Crippen LogP contribution in [0.1, 0.15) is 11.1 Å². The molecule has 1 aliphatic rings. The topological polar surface area (TPSA) is 99.4 Å².